The van der Waals surface area contributed by atoms with Crippen LogP contribution in [0.5, 0.6) is 0 Å². The monoisotopic (exact) mass is 390 g/mol. The summed E-state index contributed by atoms with van der Waals surface area (Å²) in [6.45, 7) is 1.53. The minimum atomic E-state index is -3.49. The Hall–Kier alpha value is -2.71. The lowest BCUT2D eigenvalue weighted by Crippen LogP contribution is -2.34. The molecule has 7 nitrogen and oxygen atoms in total. The van der Waals surface area contributed by atoms with Gasteiger partial charge in [-0.15, -0.1) is 0 Å². The number of hydrogen-bond acceptors (Lipinski definition) is 5. The number of rotatable bonds is 7. The van der Waals surface area contributed by atoms with Gasteiger partial charge in [-0.2, -0.15) is 4.31 Å². The fourth-order valence-electron chi connectivity index (χ4n) is 2.35. The van der Waals surface area contributed by atoms with Crippen LogP contribution in [0.4, 0.5) is 5.69 Å². The minimum Gasteiger partial charge on any atom is -0.462 e. The van der Waals surface area contributed by atoms with E-state index < -0.39 is 21.9 Å². The Labute approximate surface area is 159 Å². The molecule has 2 aromatic rings. The number of benzene rings is 2. The summed E-state index contributed by atoms with van der Waals surface area (Å²) in [5.74, 6) is -1.12. The van der Waals surface area contributed by atoms with Gasteiger partial charge in [-0.25, -0.2) is 13.2 Å². The highest BCUT2D eigenvalue weighted by Crippen LogP contribution is 2.26. The molecule has 0 aliphatic rings. The zero-order chi connectivity index (χ0) is 20.0. The molecule has 1 amide bonds. The van der Waals surface area contributed by atoms with E-state index in [4.69, 9.17) is 4.74 Å². The van der Waals surface area contributed by atoms with Crippen molar-refractivity contribution >= 4 is 27.6 Å². The van der Waals surface area contributed by atoms with Crippen LogP contribution in [0.15, 0.2) is 48.5 Å². The molecule has 8 heteroatoms. The number of likely N-dealkylation sites (N-methyl/N-ethyl adjacent to an activating group) is 1. The molecule has 0 radical (unpaired) electrons. The summed E-state index contributed by atoms with van der Waals surface area (Å²) in [4.78, 5) is 24.5. The number of carbonyl (C=O) groups is 2. The Balaban J connectivity index is 2.32. The van der Waals surface area contributed by atoms with Crippen LogP contribution < -0.4 is 5.32 Å². The van der Waals surface area contributed by atoms with Crippen molar-refractivity contribution in [3.05, 3.63) is 54.1 Å². The first kappa shape index (κ1) is 20.6. The topological polar surface area (TPSA) is 92.8 Å². The molecule has 0 aromatic heterocycles. The molecule has 0 aliphatic carbocycles. The van der Waals surface area contributed by atoms with Gasteiger partial charge in [0.25, 0.3) is 0 Å². The maximum Gasteiger partial charge on any atom is 0.340 e. The largest absolute Gasteiger partial charge is 0.462 e. The van der Waals surface area contributed by atoms with Crippen molar-refractivity contribution in [2.24, 2.45) is 0 Å². The lowest BCUT2D eigenvalue weighted by molar-refractivity contribution is -0.116. The number of anilines is 1. The number of nitrogens with zero attached hydrogens (tertiary/aromatic N) is 1. The summed E-state index contributed by atoms with van der Waals surface area (Å²) in [5, 5.41) is 2.59. The first-order valence-electron chi connectivity index (χ1n) is 8.30. The molecule has 0 spiro atoms. The van der Waals surface area contributed by atoms with Gasteiger partial charge in [0, 0.05) is 7.05 Å². The highest BCUT2D eigenvalue weighted by Gasteiger charge is 2.19. The molecule has 2 aromatic carbocycles. The highest BCUT2D eigenvalue weighted by atomic mass is 32.2. The zero-order valence-electron chi connectivity index (χ0n) is 15.4. The van der Waals surface area contributed by atoms with Crippen LogP contribution in [-0.2, 0) is 19.6 Å². The predicted octanol–water partition coefficient (Wildman–Crippen LogP) is 2.36. The van der Waals surface area contributed by atoms with Crippen molar-refractivity contribution in [3.63, 3.8) is 0 Å². The molecule has 144 valence electrons. The SMILES string of the molecule is CCOC(=O)c1cc(-c2ccccc2)ccc1NC(=O)CN(C)S(C)(=O)=O. The third kappa shape index (κ3) is 5.63. The van der Waals surface area contributed by atoms with E-state index in [2.05, 4.69) is 5.32 Å². The normalized spacial score (nSPS) is 11.3. The molecular weight excluding hydrogens is 368 g/mol. The van der Waals surface area contributed by atoms with E-state index in [0.717, 1.165) is 21.7 Å². The van der Waals surface area contributed by atoms with Gasteiger partial charge in [-0.1, -0.05) is 36.4 Å². The zero-order valence-corrected chi connectivity index (χ0v) is 16.2. The maximum atomic E-state index is 12.3. The molecule has 0 saturated heterocycles. The van der Waals surface area contributed by atoms with Crippen LogP contribution in [0.2, 0.25) is 0 Å². The molecule has 0 aliphatic heterocycles. The molecular formula is C19H22N2O5S. The molecule has 0 saturated carbocycles. The van der Waals surface area contributed by atoms with Gasteiger partial charge in [0.15, 0.2) is 0 Å². The van der Waals surface area contributed by atoms with Crippen molar-refractivity contribution in [3.8, 4) is 11.1 Å². The van der Waals surface area contributed by atoms with E-state index >= 15 is 0 Å². The quantitative estimate of drug-likeness (QED) is 0.733. The Bertz CT molecular complexity index is 926. The van der Waals surface area contributed by atoms with Crippen LogP contribution in [0.3, 0.4) is 0 Å². The number of nitrogens with one attached hydrogen (secondary N) is 1. The second kappa shape index (κ2) is 8.79. The Morgan fingerprint density at radius 2 is 1.74 bits per heavy atom. The molecule has 27 heavy (non-hydrogen) atoms. The van der Waals surface area contributed by atoms with Crippen LogP contribution in [0.25, 0.3) is 11.1 Å². The summed E-state index contributed by atoms with van der Waals surface area (Å²) >= 11 is 0. The van der Waals surface area contributed by atoms with Gasteiger partial charge in [-0.05, 0) is 30.2 Å². The van der Waals surface area contributed by atoms with E-state index in [1.54, 1.807) is 25.1 Å². The van der Waals surface area contributed by atoms with Crippen molar-refractivity contribution in [2.45, 2.75) is 6.92 Å². The number of hydrogen-bond donors (Lipinski definition) is 1. The van der Waals surface area contributed by atoms with Crippen molar-refractivity contribution in [1.82, 2.24) is 4.31 Å². The minimum absolute atomic E-state index is 0.193. The second-order valence-corrected chi connectivity index (χ2v) is 8.00. The first-order valence-corrected chi connectivity index (χ1v) is 10.1. The van der Waals surface area contributed by atoms with Crippen LogP contribution in [-0.4, -0.2) is 51.1 Å². The number of ether oxygens (including phenoxy) is 1. The van der Waals surface area contributed by atoms with E-state index in [0.29, 0.717) is 0 Å². The summed E-state index contributed by atoms with van der Waals surface area (Å²) in [6, 6.07) is 14.5. The maximum absolute atomic E-state index is 12.3. The number of amides is 1. The van der Waals surface area contributed by atoms with E-state index in [1.807, 2.05) is 30.3 Å². The number of esters is 1. The Morgan fingerprint density at radius 3 is 2.33 bits per heavy atom. The third-order valence-corrected chi connectivity index (χ3v) is 5.09. The van der Waals surface area contributed by atoms with Gasteiger partial charge in [0.1, 0.15) is 0 Å². The summed E-state index contributed by atoms with van der Waals surface area (Å²) < 4.78 is 28.9. The lowest BCUT2D eigenvalue weighted by atomic mass is 10.0. The van der Waals surface area contributed by atoms with Crippen LogP contribution in [0.1, 0.15) is 17.3 Å². The van der Waals surface area contributed by atoms with E-state index in [-0.39, 0.29) is 24.4 Å². The van der Waals surface area contributed by atoms with Gasteiger partial charge >= 0.3 is 5.97 Å². The van der Waals surface area contributed by atoms with Gasteiger partial charge in [-0.3, -0.25) is 4.79 Å². The molecule has 0 fully saturated rings. The highest BCUT2D eigenvalue weighted by molar-refractivity contribution is 7.88. The fraction of sp³-hybridized carbons (Fsp3) is 0.263. The molecule has 2 rings (SSSR count). The smallest absolute Gasteiger partial charge is 0.340 e. The average molecular weight is 390 g/mol. The predicted molar refractivity (Wildman–Crippen MR) is 104 cm³/mol. The molecule has 0 bridgehead atoms. The number of carbonyl (C=O) groups excluding carboxylic acids is 2. The first-order chi connectivity index (χ1) is 12.7. The van der Waals surface area contributed by atoms with Gasteiger partial charge in [0.05, 0.1) is 30.7 Å². The van der Waals surface area contributed by atoms with Crippen LogP contribution >= 0.6 is 0 Å². The van der Waals surface area contributed by atoms with Crippen molar-refractivity contribution < 1.29 is 22.7 Å². The Morgan fingerprint density at radius 1 is 1.07 bits per heavy atom. The number of sulfonamides is 1. The van der Waals surface area contributed by atoms with Crippen LogP contribution in [0, 0.1) is 0 Å². The average Bonchev–Trinajstić information content (AvgIpc) is 2.62. The summed E-state index contributed by atoms with van der Waals surface area (Å²) in [7, 11) is -2.18. The lowest BCUT2D eigenvalue weighted by Gasteiger charge is -2.16. The van der Waals surface area contributed by atoms with Crippen molar-refractivity contribution in [1.29, 1.82) is 0 Å². The third-order valence-electron chi connectivity index (χ3n) is 3.83. The Kier molecular flexibility index (Phi) is 6.70. The fourth-order valence-corrected chi connectivity index (χ4v) is 2.70. The standard InChI is InChI=1S/C19H22N2O5S/c1-4-26-19(23)16-12-15(14-8-6-5-7-9-14)10-11-17(16)20-18(22)13-21(2)27(3,24)25/h5-12H,4,13H2,1-3H3,(H,20,22). The van der Waals surface area contributed by atoms with Gasteiger partial charge in [0.2, 0.25) is 15.9 Å². The molecule has 1 N–H and O–H groups in total. The molecule has 0 heterocycles. The van der Waals surface area contributed by atoms with E-state index in [9.17, 15) is 18.0 Å². The summed E-state index contributed by atoms with van der Waals surface area (Å²) in [5.41, 5.74) is 2.18. The molecule has 0 unspecified atom stereocenters. The second-order valence-electron chi connectivity index (χ2n) is 5.91. The summed E-state index contributed by atoms with van der Waals surface area (Å²) in [6.07, 6.45) is 1.01. The van der Waals surface area contributed by atoms with Crippen molar-refractivity contribution in [2.75, 3.05) is 31.8 Å². The van der Waals surface area contributed by atoms with E-state index in [1.165, 1.54) is 7.05 Å². The molecule has 0 atom stereocenters. The van der Waals surface area contributed by atoms with Gasteiger partial charge < -0.3 is 10.1 Å².